The number of carbonyl (C=O) groups is 1. The fourth-order valence-corrected chi connectivity index (χ4v) is 3.88. The molecular formula is C25H50O2. The van der Waals surface area contributed by atoms with Crippen molar-refractivity contribution in [3.8, 4) is 0 Å². The van der Waals surface area contributed by atoms with Crippen molar-refractivity contribution in [2.75, 3.05) is 6.61 Å². The second kappa shape index (κ2) is 17.6. The molecule has 1 unspecified atom stereocenters. The quantitative estimate of drug-likeness (QED) is 0.175. The number of hydrogen-bond donors (Lipinski definition) is 0. The molecule has 0 saturated carbocycles. The molecule has 0 rings (SSSR count). The molecule has 2 nitrogen and oxygen atoms in total. The van der Waals surface area contributed by atoms with E-state index in [1.807, 2.05) is 0 Å². The highest BCUT2D eigenvalue weighted by atomic mass is 16.5. The Bertz CT molecular complexity index is 330. The summed E-state index contributed by atoms with van der Waals surface area (Å²) in [6, 6.07) is 0. The van der Waals surface area contributed by atoms with Crippen LogP contribution in [-0.2, 0) is 9.53 Å². The third-order valence-electron chi connectivity index (χ3n) is 5.32. The summed E-state index contributed by atoms with van der Waals surface area (Å²) in [4.78, 5) is 11.8. The molecule has 0 radical (unpaired) electrons. The van der Waals surface area contributed by atoms with Crippen molar-refractivity contribution in [2.45, 2.75) is 137 Å². The molecule has 0 spiro atoms. The highest BCUT2D eigenvalue weighted by Crippen LogP contribution is 2.25. The topological polar surface area (TPSA) is 26.3 Å². The van der Waals surface area contributed by atoms with Gasteiger partial charge < -0.3 is 4.74 Å². The normalized spacial score (nSPS) is 12.9. The lowest BCUT2D eigenvalue weighted by atomic mass is 9.84. The van der Waals surface area contributed by atoms with Gasteiger partial charge in [-0.3, -0.25) is 4.79 Å². The molecule has 1 atom stereocenters. The maximum Gasteiger partial charge on any atom is 0.305 e. The largest absolute Gasteiger partial charge is 0.466 e. The van der Waals surface area contributed by atoms with Crippen LogP contribution in [0, 0.1) is 11.3 Å². The second-order valence-electron chi connectivity index (χ2n) is 9.87. The van der Waals surface area contributed by atoms with Gasteiger partial charge in [0, 0.05) is 6.42 Å². The van der Waals surface area contributed by atoms with Gasteiger partial charge >= 0.3 is 5.97 Å². The first-order valence-corrected chi connectivity index (χ1v) is 12.0. The van der Waals surface area contributed by atoms with Crippen LogP contribution in [0.25, 0.3) is 0 Å². The minimum absolute atomic E-state index is 0.000955. The van der Waals surface area contributed by atoms with Crippen LogP contribution < -0.4 is 0 Å². The Morgan fingerprint density at radius 1 is 0.778 bits per heavy atom. The zero-order valence-corrected chi connectivity index (χ0v) is 19.4. The van der Waals surface area contributed by atoms with E-state index in [1.165, 1.54) is 83.5 Å². The second-order valence-corrected chi connectivity index (χ2v) is 9.87. The first-order valence-electron chi connectivity index (χ1n) is 12.0. The van der Waals surface area contributed by atoms with Crippen LogP contribution in [0.3, 0.4) is 0 Å². The fourth-order valence-electron chi connectivity index (χ4n) is 3.88. The van der Waals surface area contributed by atoms with Gasteiger partial charge in [-0.05, 0) is 30.6 Å². The van der Waals surface area contributed by atoms with Gasteiger partial charge in [0.25, 0.3) is 0 Å². The molecule has 0 aliphatic rings. The number of carbonyl (C=O) groups excluding carboxylic acids is 1. The van der Waals surface area contributed by atoms with Gasteiger partial charge in [-0.15, -0.1) is 0 Å². The van der Waals surface area contributed by atoms with Gasteiger partial charge in [0.05, 0.1) is 6.61 Å². The van der Waals surface area contributed by atoms with E-state index < -0.39 is 0 Å². The molecule has 0 heterocycles. The van der Waals surface area contributed by atoms with Crippen LogP contribution in [0.4, 0.5) is 0 Å². The SMILES string of the molecule is CCCCCCCCCCCCCCCC(=O)OCCC(C)CC(C)(C)C. The molecule has 162 valence electrons. The lowest BCUT2D eigenvalue weighted by Crippen LogP contribution is -2.14. The first kappa shape index (κ1) is 26.5. The third kappa shape index (κ3) is 21.6. The van der Waals surface area contributed by atoms with Crippen molar-refractivity contribution < 1.29 is 9.53 Å². The monoisotopic (exact) mass is 382 g/mol. The fraction of sp³-hybridized carbons (Fsp3) is 0.960. The van der Waals surface area contributed by atoms with Gasteiger partial charge in [-0.2, -0.15) is 0 Å². The van der Waals surface area contributed by atoms with Crippen molar-refractivity contribution in [1.29, 1.82) is 0 Å². The molecule has 0 bridgehead atoms. The molecule has 0 aromatic carbocycles. The van der Waals surface area contributed by atoms with Crippen LogP contribution in [0.5, 0.6) is 0 Å². The molecule has 2 heteroatoms. The minimum Gasteiger partial charge on any atom is -0.466 e. The van der Waals surface area contributed by atoms with E-state index in [2.05, 4.69) is 34.6 Å². The molecule has 0 saturated heterocycles. The number of hydrogen-bond acceptors (Lipinski definition) is 2. The Morgan fingerprint density at radius 2 is 1.22 bits per heavy atom. The Kier molecular flexibility index (Phi) is 17.2. The number of esters is 1. The van der Waals surface area contributed by atoms with Crippen LogP contribution in [0.15, 0.2) is 0 Å². The van der Waals surface area contributed by atoms with E-state index in [4.69, 9.17) is 4.74 Å². The summed E-state index contributed by atoms with van der Waals surface area (Å²) in [5, 5.41) is 0. The van der Waals surface area contributed by atoms with Gasteiger partial charge in [-0.25, -0.2) is 0 Å². The van der Waals surface area contributed by atoms with Gasteiger partial charge in [-0.1, -0.05) is 112 Å². The Hall–Kier alpha value is -0.530. The number of unbranched alkanes of at least 4 members (excludes halogenated alkanes) is 12. The maximum atomic E-state index is 11.8. The molecule has 0 aromatic heterocycles. The van der Waals surface area contributed by atoms with E-state index in [1.54, 1.807) is 0 Å². The Balaban J connectivity index is 3.30. The predicted octanol–water partition coefficient (Wildman–Crippen LogP) is 8.47. The van der Waals surface area contributed by atoms with Gasteiger partial charge in [0.1, 0.15) is 0 Å². The van der Waals surface area contributed by atoms with Crippen LogP contribution >= 0.6 is 0 Å². The Morgan fingerprint density at radius 3 is 1.67 bits per heavy atom. The van der Waals surface area contributed by atoms with Crippen molar-refractivity contribution in [2.24, 2.45) is 11.3 Å². The van der Waals surface area contributed by atoms with Gasteiger partial charge in [0.2, 0.25) is 0 Å². The van der Waals surface area contributed by atoms with E-state index >= 15 is 0 Å². The number of ether oxygens (including phenoxy) is 1. The van der Waals surface area contributed by atoms with E-state index in [9.17, 15) is 4.79 Å². The third-order valence-corrected chi connectivity index (χ3v) is 5.32. The zero-order valence-electron chi connectivity index (χ0n) is 19.4. The molecule has 27 heavy (non-hydrogen) atoms. The molecule has 0 aliphatic carbocycles. The standard InChI is InChI=1S/C25H50O2/c1-6-7-8-9-10-11-12-13-14-15-16-17-18-19-24(26)27-21-20-23(2)22-25(3,4)5/h23H,6-22H2,1-5H3. The van der Waals surface area contributed by atoms with Crippen LogP contribution in [-0.4, -0.2) is 12.6 Å². The van der Waals surface area contributed by atoms with Crippen molar-refractivity contribution in [1.82, 2.24) is 0 Å². The summed E-state index contributed by atoms with van der Waals surface area (Å²) in [6.07, 6.45) is 20.2. The summed E-state index contributed by atoms with van der Waals surface area (Å²) in [7, 11) is 0. The molecule has 0 aliphatic heterocycles. The van der Waals surface area contributed by atoms with E-state index in [0.29, 0.717) is 24.4 Å². The molecular weight excluding hydrogens is 332 g/mol. The van der Waals surface area contributed by atoms with E-state index in [-0.39, 0.29) is 5.97 Å². The Labute approximate surface area is 171 Å². The first-order chi connectivity index (χ1) is 12.8. The van der Waals surface area contributed by atoms with E-state index in [0.717, 1.165) is 12.8 Å². The van der Waals surface area contributed by atoms with Gasteiger partial charge in [0.15, 0.2) is 0 Å². The highest BCUT2D eigenvalue weighted by molar-refractivity contribution is 5.69. The van der Waals surface area contributed by atoms with Crippen LogP contribution in [0.2, 0.25) is 0 Å². The molecule has 0 N–H and O–H groups in total. The van der Waals surface area contributed by atoms with Crippen molar-refractivity contribution in [3.63, 3.8) is 0 Å². The summed E-state index contributed by atoms with van der Waals surface area (Å²) >= 11 is 0. The maximum absolute atomic E-state index is 11.8. The molecule has 0 aromatic rings. The highest BCUT2D eigenvalue weighted by Gasteiger charge is 2.15. The average molecular weight is 383 g/mol. The summed E-state index contributed by atoms with van der Waals surface area (Å²) in [6.45, 7) is 11.9. The van der Waals surface area contributed by atoms with Crippen molar-refractivity contribution >= 4 is 5.97 Å². The number of rotatable bonds is 18. The van der Waals surface area contributed by atoms with Crippen LogP contribution in [0.1, 0.15) is 137 Å². The lowest BCUT2D eigenvalue weighted by Gasteiger charge is -2.22. The molecule has 0 amide bonds. The predicted molar refractivity (Wildman–Crippen MR) is 119 cm³/mol. The molecule has 0 fully saturated rings. The summed E-state index contributed by atoms with van der Waals surface area (Å²) < 4.78 is 5.40. The minimum atomic E-state index is 0.000955. The lowest BCUT2D eigenvalue weighted by molar-refractivity contribution is -0.144. The smallest absolute Gasteiger partial charge is 0.305 e. The summed E-state index contributed by atoms with van der Waals surface area (Å²) in [5.74, 6) is 0.621. The van der Waals surface area contributed by atoms with Crippen molar-refractivity contribution in [3.05, 3.63) is 0 Å². The zero-order chi connectivity index (χ0) is 20.4. The summed E-state index contributed by atoms with van der Waals surface area (Å²) in [5.41, 5.74) is 0.359. The average Bonchev–Trinajstić information content (AvgIpc) is 2.57.